The van der Waals surface area contributed by atoms with Crippen molar-refractivity contribution in [2.45, 2.75) is 12.5 Å². The summed E-state index contributed by atoms with van der Waals surface area (Å²) in [5, 5.41) is 2.67. The van der Waals surface area contributed by atoms with Crippen molar-refractivity contribution in [3.05, 3.63) is 48.5 Å². The van der Waals surface area contributed by atoms with Gasteiger partial charge in [0.15, 0.2) is 5.78 Å². The standard InChI is InChI=1S/C15H15N3O3/c19-14-4-8-21-10-13(14)17-15(20)12-9-11(3-5-16-12)18-6-1-2-7-18/h1-3,5-7,9,13H,4,8,10H2,(H,17,20). The Morgan fingerprint density at radius 3 is 2.95 bits per heavy atom. The summed E-state index contributed by atoms with van der Waals surface area (Å²) >= 11 is 0. The quantitative estimate of drug-likeness (QED) is 0.911. The van der Waals surface area contributed by atoms with Crippen LogP contribution in [0.3, 0.4) is 0 Å². The maximum Gasteiger partial charge on any atom is 0.270 e. The van der Waals surface area contributed by atoms with Crippen molar-refractivity contribution in [1.82, 2.24) is 14.9 Å². The van der Waals surface area contributed by atoms with Crippen LogP contribution in [0.5, 0.6) is 0 Å². The molecule has 3 heterocycles. The van der Waals surface area contributed by atoms with Gasteiger partial charge in [-0.1, -0.05) is 0 Å². The molecule has 0 aromatic carbocycles. The number of ketones is 1. The summed E-state index contributed by atoms with van der Waals surface area (Å²) in [6.07, 6.45) is 5.68. The van der Waals surface area contributed by atoms with E-state index in [1.807, 2.05) is 35.2 Å². The van der Waals surface area contributed by atoms with Crippen LogP contribution >= 0.6 is 0 Å². The third-order valence-corrected chi connectivity index (χ3v) is 3.35. The molecule has 0 aliphatic carbocycles. The largest absolute Gasteiger partial charge is 0.378 e. The number of rotatable bonds is 3. The lowest BCUT2D eigenvalue weighted by Crippen LogP contribution is -2.47. The average Bonchev–Trinajstić information content (AvgIpc) is 3.04. The lowest BCUT2D eigenvalue weighted by molar-refractivity contribution is -0.127. The van der Waals surface area contributed by atoms with Crippen molar-refractivity contribution in [3.63, 3.8) is 0 Å². The van der Waals surface area contributed by atoms with E-state index in [1.54, 1.807) is 12.3 Å². The first-order chi connectivity index (χ1) is 10.2. The number of carbonyl (C=O) groups is 2. The molecule has 0 bridgehead atoms. The van der Waals surface area contributed by atoms with E-state index in [2.05, 4.69) is 10.3 Å². The van der Waals surface area contributed by atoms with Crippen LogP contribution in [0.25, 0.3) is 5.69 Å². The molecule has 1 aliphatic heterocycles. The van der Waals surface area contributed by atoms with E-state index >= 15 is 0 Å². The van der Waals surface area contributed by atoms with Gasteiger partial charge in [0.05, 0.1) is 13.2 Å². The van der Waals surface area contributed by atoms with Gasteiger partial charge in [-0.15, -0.1) is 0 Å². The van der Waals surface area contributed by atoms with Crippen molar-refractivity contribution in [3.8, 4) is 5.69 Å². The number of nitrogens with zero attached hydrogens (tertiary/aromatic N) is 2. The highest BCUT2D eigenvalue weighted by atomic mass is 16.5. The van der Waals surface area contributed by atoms with Crippen LogP contribution in [0.4, 0.5) is 0 Å². The van der Waals surface area contributed by atoms with Gasteiger partial charge < -0.3 is 14.6 Å². The zero-order chi connectivity index (χ0) is 14.7. The third-order valence-electron chi connectivity index (χ3n) is 3.35. The average molecular weight is 285 g/mol. The molecule has 1 unspecified atom stereocenters. The Morgan fingerprint density at radius 2 is 2.19 bits per heavy atom. The van der Waals surface area contributed by atoms with E-state index in [1.165, 1.54) is 0 Å². The second-order valence-electron chi connectivity index (χ2n) is 4.81. The number of carbonyl (C=O) groups excluding carboxylic acids is 2. The third kappa shape index (κ3) is 3.00. The fraction of sp³-hybridized carbons (Fsp3) is 0.267. The van der Waals surface area contributed by atoms with E-state index in [-0.39, 0.29) is 24.0 Å². The minimum Gasteiger partial charge on any atom is -0.378 e. The molecule has 0 radical (unpaired) electrons. The second-order valence-corrected chi connectivity index (χ2v) is 4.81. The molecule has 0 saturated carbocycles. The SMILES string of the molecule is O=C(NC1COCCC1=O)c1cc(-n2cccc2)ccn1. The summed E-state index contributed by atoms with van der Waals surface area (Å²) in [6.45, 7) is 0.647. The number of amides is 1. The Kier molecular flexibility index (Phi) is 3.79. The lowest BCUT2D eigenvalue weighted by atomic mass is 10.1. The minimum absolute atomic E-state index is 0.00355. The molecule has 1 fully saturated rings. The highest BCUT2D eigenvalue weighted by Crippen LogP contribution is 2.10. The topological polar surface area (TPSA) is 73.2 Å². The molecule has 21 heavy (non-hydrogen) atoms. The van der Waals surface area contributed by atoms with Gasteiger partial charge >= 0.3 is 0 Å². The zero-order valence-electron chi connectivity index (χ0n) is 11.4. The summed E-state index contributed by atoms with van der Waals surface area (Å²) < 4.78 is 7.09. The first kappa shape index (κ1) is 13.5. The second kappa shape index (κ2) is 5.88. The summed E-state index contributed by atoms with van der Waals surface area (Å²) in [5.74, 6) is -0.371. The van der Waals surface area contributed by atoms with Gasteiger partial charge in [-0.25, -0.2) is 0 Å². The zero-order valence-corrected chi connectivity index (χ0v) is 11.4. The maximum absolute atomic E-state index is 12.2. The van der Waals surface area contributed by atoms with Gasteiger partial charge in [0, 0.05) is 30.7 Å². The van der Waals surface area contributed by atoms with Gasteiger partial charge in [0.2, 0.25) is 0 Å². The number of hydrogen-bond donors (Lipinski definition) is 1. The van der Waals surface area contributed by atoms with Crippen molar-refractivity contribution in [2.75, 3.05) is 13.2 Å². The van der Waals surface area contributed by atoms with Crippen LogP contribution in [0.15, 0.2) is 42.9 Å². The smallest absolute Gasteiger partial charge is 0.270 e. The molecule has 6 nitrogen and oxygen atoms in total. The van der Waals surface area contributed by atoms with Crippen LogP contribution in [0.1, 0.15) is 16.9 Å². The van der Waals surface area contributed by atoms with Crippen LogP contribution in [-0.4, -0.2) is 40.5 Å². The van der Waals surface area contributed by atoms with Crippen molar-refractivity contribution >= 4 is 11.7 Å². The minimum atomic E-state index is -0.580. The molecular formula is C15H15N3O3. The van der Waals surface area contributed by atoms with E-state index in [0.29, 0.717) is 13.0 Å². The fourth-order valence-electron chi connectivity index (χ4n) is 2.21. The van der Waals surface area contributed by atoms with Crippen LogP contribution in [0.2, 0.25) is 0 Å². The van der Waals surface area contributed by atoms with E-state index in [9.17, 15) is 9.59 Å². The molecular weight excluding hydrogens is 270 g/mol. The highest BCUT2D eigenvalue weighted by molar-refractivity contribution is 5.97. The molecule has 1 aliphatic rings. The van der Waals surface area contributed by atoms with Crippen molar-refractivity contribution < 1.29 is 14.3 Å². The highest BCUT2D eigenvalue weighted by Gasteiger charge is 2.25. The number of Topliss-reactive ketones (excluding diaryl/α,β-unsaturated/α-hetero) is 1. The Balaban J connectivity index is 1.75. The van der Waals surface area contributed by atoms with Gasteiger partial charge in [-0.2, -0.15) is 0 Å². The van der Waals surface area contributed by atoms with Crippen LogP contribution in [0, 0.1) is 0 Å². The Morgan fingerprint density at radius 1 is 1.38 bits per heavy atom. The van der Waals surface area contributed by atoms with Crippen LogP contribution < -0.4 is 5.32 Å². The first-order valence-corrected chi connectivity index (χ1v) is 6.75. The first-order valence-electron chi connectivity index (χ1n) is 6.75. The van der Waals surface area contributed by atoms with Crippen molar-refractivity contribution in [2.24, 2.45) is 0 Å². The number of ether oxygens (including phenoxy) is 1. The van der Waals surface area contributed by atoms with E-state index in [0.717, 1.165) is 5.69 Å². The molecule has 0 spiro atoms. The van der Waals surface area contributed by atoms with Gasteiger partial charge in [0.25, 0.3) is 5.91 Å². The summed E-state index contributed by atoms with van der Waals surface area (Å²) in [7, 11) is 0. The lowest BCUT2D eigenvalue weighted by Gasteiger charge is -2.21. The molecule has 1 N–H and O–H groups in total. The van der Waals surface area contributed by atoms with Crippen molar-refractivity contribution in [1.29, 1.82) is 0 Å². The summed E-state index contributed by atoms with van der Waals surface area (Å²) in [5.41, 5.74) is 1.12. The number of nitrogens with one attached hydrogen (secondary N) is 1. The molecule has 1 amide bonds. The predicted octanol–water partition coefficient (Wildman–Crippen LogP) is 0.960. The molecule has 2 aromatic heterocycles. The van der Waals surface area contributed by atoms with Gasteiger partial charge in [0.1, 0.15) is 11.7 Å². The Hall–Kier alpha value is -2.47. The molecule has 1 atom stereocenters. The maximum atomic E-state index is 12.2. The van der Waals surface area contributed by atoms with Gasteiger partial charge in [-0.05, 0) is 24.3 Å². The van der Waals surface area contributed by atoms with Gasteiger partial charge in [-0.3, -0.25) is 14.6 Å². The molecule has 2 aromatic rings. The van der Waals surface area contributed by atoms with E-state index in [4.69, 9.17) is 4.74 Å². The van der Waals surface area contributed by atoms with Crippen LogP contribution in [-0.2, 0) is 9.53 Å². The van der Waals surface area contributed by atoms with E-state index < -0.39 is 6.04 Å². The molecule has 108 valence electrons. The molecule has 6 heteroatoms. The number of aromatic nitrogens is 2. The summed E-state index contributed by atoms with van der Waals surface area (Å²) in [6, 6.07) is 6.72. The fourth-order valence-corrected chi connectivity index (χ4v) is 2.21. The normalized spacial score (nSPS) is 18.5. The summed E-state index contributed by atoms with van der Waals surface area (Å²) in [4.78, 5) is 27.9. The Labute approximate surface area is 121 Å². The monoisotopic (exact) mass is 285 g/mol. The number of pyridine rings is 1. The predicted molar refractivity (Wildman–Crippen MR) is 75.3 cm³/mol. The Bertz CT molecular complexity index is 652. The molecule has 3 rings (SSSR count). The molecule has 1 saturated heterocycles. The number of hydrogen-bond acceptors (Lipinski definition) is 4.